The van der Waals surface area contributed by atoms with Crippen molar-refractivity contribution in [2.24, 2.45) is 5.92 Å². The molecule has 0 aromatic heterocycles. The van der Waals surface area contributed by atoms with E-state index in [9.17, 15) is 8.42 Å². The third-order valence-corrected chi connectivity index (χ3v) is 4.72. The Morgan fingerprint density at radius 2 is 1.67 bits per heavy atom. The molecule has 0 N–H and O–H groups in total. The maximum Gasteiger partial charge on any atom is 0.150 e. The molecule has 12 heavy (non-hydrogen) atoms. The summed E-state index contributed by atoms with van der Waals surface area (Å²) in [6, 6.07) is 0. The molecule has 0 spiro atoms. The van der Waals surface area contributed by atoms with Crippen molar-refractivity contribution >= 4 is 9.84 Å². The Morgan fingerprint density at radius 1 is 1.17 bits per heavy atom. The summed E-state index contributed by atoms with van der Waals surface area (Å²) in [6.45, 7) is 1.85. The van der Waals surface area contributed by atoms with Crippen molar-refractivity contribution in [2.45, 2.75) is 44.3 Å². The van der Waals surface area contributed by atoms with Gasteiger partial charge in [0, 0.05) is 6.26 Å². The van der Waals surface area contributed by atoms with E-state index in [0.717, 1.165) is 12.8 Å². The summed E-state index contributed by atoms with van der Waals surface area (Å²) in [5.41, 5.74) is 0. The van der Waals surface area contributed by atoms with E-state index in [4.69, 9.17) is 0 Å². The number of rotatable bonds is 2. The summed E-state index contributed by atoms with van der Waals surface area (Å²) in [4.78, 5) is 0. The van der Waals surface area contributed by atoms with E-state index in [-0.39, 0.29) is 5.25 Å². The molecule has 1 aliphatic rings. The third kappa shape index (κ3) is 2.47. The minimum absolute atomic E-state index is 0.127. The SMILES string of the molecule is CC(C1CCCCC1)S(C)(=O)=O. The second-order valence-electron chi connectivity index (χ2n) is 3.93. The van der Waals surface area contributed by atoms with Gasteiger partial charge in [0.2, 0.25) is 0 Å². The van der Waals surface area contributed by atoms with E-state index < -0.39 is 9.84 Å². The lowest BCUT2D eigenvalue weighted by atomic mass is 9.87. The smallest absolute Gasteiger partial charge is 0.150 e. The number of hydrogen-bond acceptors (Lipinski definition) is 2. The van der Waals surface area contributed by atoms with Crippen molar-refractivity contribution in [1.29, 1.82) is 0 Å². The van der Waals surface area contributed by atoms with Gasteiger partial charge in [0.15, 0.2) is 0 Å². The molecule has 0 aliphatic heterocycles. The second-order valence-corrected chi connectivity index (χ2v) is 6.34. The van der Waals surface area contributed by atoms with Crippen LogP contribution in [-0.2, 0) is 9.84 Å². The highest BCUT2D eigenvalue weighted by Crippen LogP contribution is 2.29. The minimum atomic E-state index is -2.80. The van der Waals surface area contributed by atoms with Gasteiger partial charge in [-0.1, -0.05) is 19.3 Å². The molecule has 1 saturated carbocycles. The first-order valence-corrected chi connectivity index (χ1v) is 6.66. The molecule has 2 nitrogen and oxygen atoms in total. The molecule has 1 unspecified atom stereocenters. The van der Waals surface area contributed by atoms with Crippen LogP contribution >= 0.6 is 0 Å². The van der Waals surface area contributed by atoms with Crippen LogP contribution in [0, 0.1) is 5.92 Å². The van der Waals surface area contributed by atoms with Crippen molar-refractivity contribution < 1.29 is 8.42 Å². The molecule has 0 heterocycles. The molecule has 0 radical (unpaired) electrons. The summed E-state index contributed by atoms with van der Waals surface area (Å²) < 4.78 is 22.5. The molecule has 1 fully saturated rings. The van der Waals surface area contributed by atoms with Crippen LogP contribution in [0.1, 0.15) is 39.0 Å². The molecule has 3 heteroatoms. The molecule has 0 saturated heterocycles. The van der Waals surface area contributed by atoms with Crippen LogP contribution in [0.5, 0.6) is 0 Å². The fourth-order valence-corrected chi connectivity index (χ4v) is 2.92. The number of hydrogen-bond donors (Lipinski definition) is 0. The summed E-state index contributed by atoms with van der Waals surface area (Å²) in [5.74, 6) is 0.425. The standard InChI is InChI=1S/C9H18O2S/c1-8(12(2,10)11)9-6-4-3-5-7-9/h8-9H,3-7H2,1-2H3. The largest absolute Gasteiger partial charge is 0.229 e. The van der Waals surface area contributed by atoms with Crippen LogP contribution in [0.25, 0.3) is 0 Å². The first-order valence-electron chi connectivity index (χ1n) is 4.70. The van der Waals surface area contributed by atoms with E-state index in [1.165, 1.54) is 25.5 Å². The Hall–Kier alpha value is -0.0500. The molecule has 0 aromatic carbocycles. The Kier molecular flexibility index (Phi) is 3.16. The van der Waals surface area contributed by atoms with Gasteiger partial charge >= 0.3 is 0 Å². The molecular formula is C9H18O2S. The van der Waals surface area contributed by atoms with Crippen molar-refractivity contribution in [3.05, 3.63) is 0 Å². The first kappa shape index (κ1) is 10.0. The number of sulfone groups is 1. The van der Waals surface area contributed by atoms with Gasteiger partial charge < -0.3 is 0 Å². The van der Waals surface area contributed by atoms with Gasteiger partial charge in [-0.3, -0.25) is 0 Å². The highest BCUT2D eigenvalue weighted by atomic mass is 32.2. The van der Waals surface area contributed by atoms with Gasteiger partial charge in [-0.2, -0.15) is 0 Å². The van der Waals surface area contributed by atoms with Crippen molar-refractivity contribution in [1.82, 2.24) is 0 Å². The summed E-state index contributed by atoms with van der Waals surface area (Å²) in [7, 11) is -2.80. The van der Waals surface area contributed by atoms with E-state index in [0.29, 0.717) is 5.92 Å². The molecule has 72 valence electrons. The van der Waals surface area contributed by atoms with Crippen LogP contribution in [0.2, 0.25) is 0 Å². The van der Waals surface area contributed by atoms with E-state index >= 15 is 0 Å². The monoisotopic (exact) mass is 190 g/mol. The molecule has 1 atom stereocenters. The van der Waals surface area contributed by atoms with Gasteiger partial charge in [-0.15, -0.1) is 0 Å². The van der Waals surface area contributed by atoms with E-state index in [1.54, 1.807) is 0 Å². The average Bonchev–Trinajstić information content (AvgIpc) is 2.03. The molecule has 0 bridgehead atoms. The lowest BCUT2D eigenvalue weighted by Gasteiger charge is -2.26. The Labute approximate surface area is 75.3 Å². The average molecular weight is 190 g/mol. The van der Waals surface area contributed by atoms with Gasteiger partial charge in [-0.05, 0) is 25.7 Å². The van der Waals surface area contributed by atoms with Crippen LogP contribution in [0.4, 0.5) is 0 Å². The van der Waals surface area contributed by atoms with Crippen LogP contribution < -0.4 is 0 Å². The lowest BCUT2D eigenvalue weighted by molar-refractivity contribution is 0.349. The third-order valence-electron chi connectivity index (χ3n) is 2.99. The Bertz CT molecular complexity index is 225. The zero-order chi connectivity index (χ0) is 9.19. The molecule has 0 aromatic rings. The van der Waals surface area contributed by atoms with Gasteiger partial charge in [-0.25, -0.2) is 8.42 Å². The predicted molar refractivity (Wildman–Crippen MR) is 50.9 cm³/mol. The highest BCUT2D eigenvalue weighted by molar-refractivity contribution is 7.91. The van der Waals surface area contributed by atoms with Crippen LogP contribution in [-0.4, -0.2) is 19.9 Å². The van der Waals surface area contributed by atoms with Gasteiger partial charge in [0.25, 0.3) is 0 Å². The summed E-state index contributed by atoms with van der Waals surface area (Å²) in [6.07, 6.45) is 7.27. The Balaban J connectivity index is 2.57. The normalized spacial score (nSPS) is 23.8. The molecular weight excluding hydrogens is 172 g/mol. The predicted octanol–water partition coefficient (Wildman–Crippen LogP) is 2.00. The van der Waals surface area contributed by atoms with Crippen LogP contribution in [0.15, 0.2) is 0 Å². The highest BCUT2D eigenvalue weighted by Gasteiger charge is 2.26. The van der Waals surface area contributed by atoms with E-state index in [2.05, 4.69) is 0 Å². The lowest BCUT2D eigenvalue weighted by Crippen LogP contribution is -2.27. The topological polar surface area (TPSA) is 34.1 Å². The van der Waals surface area contributed by atoms with Gasteiger partial charge in [0.1, 0.15) is 9.84 Å². The van der Waals surface area contributed by atoms with Crippen molar-refractivity contribution in [2.75, 3.05) is 6.26 Å². The first-order chi connectivity index (χ1) is 5.52. The van der Waals surface area contributed by atoms with Crippen LogP contribution in [0.3, 0.4) is 0 Å². The second kappa shape index (κ2) is 3.77. The molecule has 1 aliphatic carbocycles. The molecule has 1 rings (SSSR count). The zero-order valence-electron chi connectivity index (χ0n) is 7.91. The van der Waals surface area contributed by atoms with E-state index in [1.807, 2.05) is 6.92 Å². The maximum absolute atomic E-state index is 11.2. The van der Waals surface area contributed by atoms with Crippen molar-refractivity contribution in [3.8, 4) is 0 Å². The fourth-order valence-electron chi connectivity index (χ4n) is 1.95. The molecule has 0 amide bonds. The fraction of sp³-hybridized carbons (Fsp3) is 1.00. The summed E-state index contributed by atoms with van der Waals surface area (Å²) >= 11 is 0. The maximum atomic E-state index is 11.2. The summed E-state index contributed by atoms with van der Waals surface area (Å²) in [5, 5.41) is -0.127. The van der Waals surface area contributed by atoms with Crippen molar-refractivity contribution in [3.63, 3.8) is 0 Å². The Morgan fingerprint density at radius 3 is 2.08 bits per heavy atom. The van der Waals surface area contributed by atoms with Gasteiger partial charge in [0.05, 0.1) is 5.25 Å². The minimum Gasteiger partial charge on any atom is -0.229 e. The quantitative estimate of drug-likeness (QED) is 0.667. The zero-order valence-corrected chi connectivity index (χ0v) is 8.73.